The summed E-state index contributed by atoms with van der Waals surface area (Å²) in [6, 6.07) is 6.74. The van der Waals surface area contributed by atoms with Crippen LogP contribution in [0.4, 0.5) is 17.1 Å². The number of nitrogens with zero attached hydrogens (tertiary/aromatic N) is 3. The number of non-ortho nitro benzene ring substituents is 1. The molecule has 0 fully saturated rings. The van der Waals surface area contributed by atoms with Gasteiger partial charge in [0.2, 0.25) is 0 Å². The van der Waals surface area contributed by atoms with Gasteiger partial charge in [-0.25, -0.2) is 0 Å². The van der Waals surface area contributed by atoms with Gasteiger partial charge in [0.15, 0.2) is 0 Å². The maximum absolute atomic E-state index is 12.1. The highest BCUT2D eigenvalue weighted by molar-refractivity contribution is 7.86. The van der Waals surface area contributed by atoms with E-state index in [-0.39, 0.29) is 5.69 Å². The Morgan fingerprint density at radius 1 is 0.808 bits per heavy atom. The second-order valence-electron chi connectivity index (χ2n) is 4.76. The molecule has 136 valence electrons. The second-order valence-corrected chi connectivity index (χ2v) is 6.37. The van der Waals surface area contributed by atoms with Crippen LogP contribution in [0.1, 0.15) is 5.56 Å². The van der Waals surface area contributed by atoms with Crippen LogP contribution in [0.15, 0.2) is 47.4 Å². The molecule has 26 heavy (non-hydrogen) atoms. The number of nitro benzene ring substituents is 3. The van der Waals surface area contributed by atoms with Gasteiger partial charge in [0, 0.05) is 24.3 Å². The lowest BCUT2D eigenvalue weighted by Crippen LogP contribution is -2.09. The normalized spacial score (nSPS) is 11.1. The molecule has 2 rings (SSSR count). The quantitative estimate of drug-likeness (QED) is 0.395. The van der Waals surface area contributed by atoms with Crippen LogP contribution in [0, 0.1) is 30.3 Å². The zero-order chi connectivity index (χ0) is 19.5. The first kappa shape index (κ1) is 18.9. The molecule has 0 bridgehead atoms. The summed E-state index contributed by atoms with van der Waals surface area (Å²) in [5, 5.41) is 32.6. The van der Waals surface area contributed by atoms with Crippen LogP contribution in [0.2, 0.25) is 0 Å². The fraction of sp³-hybridized carbons (Fsp3) is 0.0769. The summed E-state index contributed by atoms with van der Waals surface area (Å²) in [4.78, 5) is 29.6. The van der Waals surface area contributed by atoms with Crippen molar-refractivity contribution in [1.29, 1.82) is 0 Å². The number of benzene rings is 2. The topological polar surface area (TPSA) is 173 Å². The van der Waals surface area contributed by atoms with Crippen molar-refractivity contribution in [2.75, 3.05) is 0 Å². The Balaban J connectivity index is 2.34. The van der Waals surface area contributed by atoms with Crippen molar-refractivity contribution in [2.45, 2.75) is 11.5 Å². The highest BCUT2D eigenvalue weighted by Crippen LogP contribution is 2.30. The van der Waals surface area contributed by atoms with Crippen LogP contribution in [-0.2, 0) is 20.9 Å². The van der Waals surface area contributed by atoms with Crippen LogP contribution in [0.25, 0.3) is 0 Å². The molecular formula is C13H9N3O9S. The first-order valence-electron chi connectivity index (χ1n) is 6.68. The molecule has 13 heteroatoms. The van der Waals surface area contributed by atoms with Crippen molar-refractivity contribution in [3.8, 4) is 0 Å². The molecule has 0 spiro atoms. The molecule has 0 aromatic heterocycles. The number of hydrogen-bond acceptors (Lipinski definition) is 9. The Hall–Kier alpha value is -3.45. The molecule has 0 saturated heterocycles. The molecule has 2 aromatic rings. The number of rotatable bonds is 7. The summed E-state index contributed by atoms with van der Waals surface area (Å²) in [5.41, 5.74) is -2.21. The van der Waals surface area contributed by atoms with E-state index in [0.29, 0.717) is 0 Å². The standard InChI is InChI=1S/C13H9N3O9S/c17-14(18)9-4-6-10(7-5-9)26(23,24)25-8-11-12(15(19)20)2-1-3-13(11)16(21)22/h1-7H,8H2. The van der Waals surface area contributed by atoms with Gasteiger partial charge < -0.3 is 0 Å². The first-order chi connectivity index (χ1) is 12.1. The number of hydrogen-bond donors (Lipinski definition) is 0. The minimum Gasteiger partial charge on any atom is -0.261 e. The van der Waals surface area contributed by atoms with Crippen LogP contribution >= 0.6 is 0 Å². The predicted octanol–water partition coefficient (Wildman–Crippen LogP) is 2.32. The van der Waals surface area contributed by atoms with E-state index in [1.54, 1.807) is 0 Å². The molecule has 0 saturated carbocycles. The lowest BCUT2D eigenvalue weighted by molar-refractivity contribution is -0.396. The fourth-order valence-corrected chi connectivity index (χ4v) is 2.87. The monoisotopic (exact) mass is 383 g/mol. The summed E-state index contributed by atoms with van der Waals surface area (Å²) >= 11 is 0. The maximum Gasteiger partial charge on any atom is 0.297 e. The van der Waals surface area contributed by atoms with Crippen molar-refractivity contribution < 1.29 is 27.4 Å². The molecule has 2 aromatic carbocycles. The van der Waals surface area contributed by atoms with Crippen molar-refractivity contribution in [3.05, 3.63) is 78.4 Å². The summed E-state index contributed by atoms with van der Waals surface area (Å²) < 4.78 is 28.9. The van der Waals surface area contributed by atoms with Gasteiger partial charge in [-0.05, 0) is 18.2 Å². The van der Waals surface area contributed by atoms with Crippen molar-refractivity contribution in [2.24, 2.45) is 0 Å². The van der Waals surface area contributed by atoms with Gasteiger partial charge in [0.25, 0.3) is 27.2 Å². The summed E-state index contributed by atoms with van der Waals surface area (Å²) in [6.07, 6.45) is 0. The average molecular weight is 383 g/mol. The summed E-state index contributed by atoms with van der Waals surface area (Å²) in [5.74, 6) is 0. The highest BCUT2D eigenvalue weighted by atomic mass is 32.2. The molecule has 0 atom stereocenters. The van der Waals surface area contributed by atoms with E-state index in [4.69, 9.17) is 0 Å². The molecular weight excluding hydrogens is 374 g/mol. The Morgan fingerprint density at radius 3 is 1.73 bits per heavy atom. The van der Waals surface area contributed by atoms with Gasteiger partial charge in [0.05, 0.1) is 19.7 Å². The molecule has 0 N–H and O–H groups in total. The molecule has 0 heterocycles. The van der Waals surface area contributed by atoms with E-state index in [1.807, 2.05) is 0 Å². The zero-order valence-electron chi connectivity index (χ0n) is 12.7. The largest absolute Gasteiger partial charge is 0.297 e. The van der Waals surface area contributed by atoms with Gasteiger partial charge in [-0.15, -0.1) is 0 Å². The van der Waals surface area contributed by atoms with E-state index >= 15 is 0 Å². The van der Waals surface area contributed by atoms with E-state index in [1.165, 1.54) is 0 Å². The van der Waals surface area contributed by atoms with Gasteiger partial charge in [-0.1, -0.05) is 0 Å². The van der Waals surface area contributed by atoms with Gasteiger partial charge >= 0.3 is 0 Å². The van der Waals surface area contributed by atoms with Crippen LogP contribution < -0.4 is 0 Å². The van der Waals surface area contributed by atoms with E-state index in [9.17, 15) is 38.8 Å². The molecule has 0 aliphatic rings. The third kappa shape index (κ3) is 3.96. The predicted molar refractivity (Wildman–Crippen MR) is 84.8 cm³/mol. The minimum absolute atomic E-state index is 0.349. The summed E-state index contributed by atoms with van der Waals surface area (Å²) in [6.45, 7) is -0.952. The van der Waals surface area contributed by atoms with Gasteiger partial charge in [0.1, 0.15) is 12.2 Å². The van der Waals surface area contributed by atoms with E-state index in [2.05, 4.69) is 4.18 Å². The molecule has 12 nitrogen and oxygen atoms in total. The van der Waals surface area contributed by atoms with E-state index in [0.717, 1.165) is 42.5 Å². The van der Waals surface area contributed by atoms with Crippen LogP contribution in [0.5, 0.6) is 0 Å². The molecule has 0 aliphatic carbocycles. The van der Waals surface area contributed by atoms with Crippen molar-refractivity contribution >= 4 is 27.2 Å². The molecule has 0 aliphatic heterocycles. The smallest absolute Gasteiger partial charge is 0.261 e. The zero-order valence-corrected chi connectivity index (χ0v) is 13.5. The van der Waals surface area contributed by atoms with Crippen LogP contribution in [0.3, 0.4) is 0 Å². The Bertz CT molecular complexity index is 954. The Kier molecular flexibility index (Phi) is 5.23. The fourth-order valence-electron chi connectivity index (χ4n) is 1.99. The molecule has 0 amide bonds. The highest BCUT2D eigenvalue weighted by Gasteiger charge is 2.27. The average Bonchev–Trinajstić information content (AvgIpc) is 2.59. The Morgan fingerprint density at radius 2 is 1.31 bits per heavy atom. The first-order valence-corrected chi connectivity index (χ1v) is 8.09. The van der Waals surface area contributed by atoms with Gasteiger partial charge in [-0.3, -0.25) is 34.5 Å². The molecule has 0 radical (unpaired) electrons. The minimum atomic E-state index is -4.45. The second kappa shape index (κ2) is 7.20. The lowest BCUT2D eigenvalue weighted by atomic mass is 10.1. The molecule has 0 unspecified atom stereocenters. The van der Waals surface area contributed by atoms with Gasteiger partial charge in [-0.2, -0.15) is 8.42 Å². The summed E-state index contributed by atoms with van der Waals surface area (Å²) in [7, 11) is -4.45. The van der Waals surface area contributed by atoms with Crippen molar-refractivity contribution in [3.63, 3.8) is 0 Å². The lowest BCUT2D eigenvalue weighted by Gasteiger charge is -2.07. The number of nitro groups is 3. The Labute approximate surface area is 145 Å². The third-order valence-corrected chi connectivity index (χ3v) is 4.49. The van der Waals surface area contributed by atoms with Crippen LogP contribution in [-0.4, -0.2) is 23.2 Å². The van der Waals surface area contributed by atoms with Crippen molar-refractivity contribution in [1.82, 2.24) is 0 Å². The SMILES string of the molecule is O=[N+]([O-])c1ccc(S(=O)(=O)OCc2c([N+](=O)[O-])cccc2[N+](=O)[O-])cc1. The maximum atomic E-state index is 12.1. The van der Waals surface area contributed by atoms with E-state index < -0.39 is 53.3 Å². The third-order valence-electron chi connectivity index (χ3n) is 3.21.